The molecule has 0 saturated heterocycles. The van der Waals surface area contributed by atoms with Crippen molar-refractivity contribution in [3.8, 4) is 6.07 Å². The third-order valence-electron chi connectivity index (χ3n) is 2.05. The molecule has 64 valence electrons. The smallest absolute Gasteiger partial charge is 0.0991 e. The summed E-state index contributed by atoms with van der Waals surface area (Å²) in [4.78, 5) is 1.30. The highest BCUT2D eigenvalue weighted by atomic mass is 32.1. The van der Waals surface area contributed by atoms with E-state index in [0.29, 0.717) is 0 Å². The number of thiophene rings is 1. The second kappa shape index (κ2) is 2.86. The molecule has 0 saturated carbocycles. The number of hydrogen-bond acceptors (Lipinski definition) is 2. The van der Waals surface area contributed by atoms with E-state index in [2.05, 4.69) is 26.0 Å². The standard InChI is InChI=1S/C11H9NS/c1-7-3-9(6-12)5-10-4-8(2)13-11(7)10/h3-5H,1-2H3. The Bertz CT molecular complexity index is 503. The molecule has 1 aromatic carbocycles. The summed E-state index contributed by atoms with van der Waals surface area (Å²) in [5.74, 6) is 0. The summed E-state index contributed by atoms with van der Waals surface area (Å²) in [7, 11) is 0. The quantitative estimate of drug-likeness (QED) is 0.620. The molecule has 2 rings (SSSR count). The topological polar surface area (TPSA) is 23.8 Å². The molecule has 0 spiro atoms. The van der Waals surface area contributed by atoms with Crippen molar-refractivity contribution in [3.63, 3.8) is 0 Å². The fourth-order valence-electron chi connectivity index (χ4n) is 1.52. The Morgan fingerprint density at radius 3 is 2.69 bits per heavy atom. The van der Waals surface area contributed by atoms with E-state index < -0.39 is 0 Å². The summed E-state index contributed by atoms with van der Waals surface area (Å²) < 4.78 is 1.30. The first kappa shape index (κ1) is 8.28. The summed E-state index contributed by atoms with van der Waals surface area (Å²) in [6.07, 6.45) is 0. The first-order chi connectivity index (χ1) is 6.20. The zero-order valence-corrected chi connectivity index (χ0v) is 8.40. The van der Waals surface area contributed by atoms with Gasteiger partial charge < -0.3 is 0 Å². The third kappa shape index (κ3) is 1.32. The van der Waals surface area contributed by atoms with Gasteiger partial charge in [0, 0.05) is 9.58 Å². The number of aryl methyl sites for hydroxylation is 2. The van der Waals surface area contributed by atoms with E-state index in [1.165, 1.54) is 20.5 Å². The Morgan fingerprint density at radius 1 is 1.23 bits per heavy atom. The average Bonchev–Trinajstić information content (AvgIpc) is 2.46. The fourth-order valence-corrected chi connectivity index (χ4v) is 2.49. The molecule has 0 atom stereocenters. The van der Waals surface area contributed by atoms with Crippen LogP contribution in [0.2, 0.25) is 0 Å². The van der Waals surface area contributed by atoms with Gasteiger partial charge in [-0.2, -0.15) is 5.26 Å². The predicted molar refractivity (Wildman–Crippen MR) is 56.0 cm³/mol. The van der Waals surface area contributed by atoms with E-state index in [1.54, 1.807) is 11.3 Å². The molecule has 0 aliphatic heterocycles. The number of rotatable bonds is 0. The molecule has 0 aliphatic rings. The molecule has 2 heteroatoms. The second-order valence-corrected chi connectivity index (χ2v) is 4.44. The van der Waals surface area contributed by atoms with Crippen LogP contribution in [0.25, 0.3) is 10.1 Å². The Morgan fingerprint density at radius 2 is 2.00 bits per heavy atom. The van der Waals surface area contributed by atoms with Gasteiger partial charge in [0.25, 0.3) is 0 Å². The summed E-state index contributed by atoms with van der Waals surface area (Å²) >= 11 is 1.79. The predicted octanol–water partition coefficient (Wildman–Crippen LogP) is 3.39. The van der Waals surface area contributed by atoms with Gasteiger partial charge in [0.2, 0.25) is 0 Å². The van der Waals surface area contributed by atoms with Crippen molar-refractivity contribution < 1.29 is 0 Å². The van der Waals surface area contributed by atoms with E-state index in [1.807, 2.05) is 12.1 Å². The molecular weight excluding hydrogens is 178 g/mol. The summed E-state index contributed by atoms with van der Waals surface area (Å²) in [6.45, 7) is 4.15. The van der Waals surface area contributed by atoms with Gasteiger partial charge in [0.05, 0.1) is 11.6 Å². The number of nitrogens with zero attached hydrogens (tertiary/aromatic N) is 1. The maximum atomic E-state index is 8.78. The molecule has 2 aromatic rings. The van der Waals surface area contributed by atoms with Gasteiger partial charge in [0.15, 0.2) is 0 Å². The van der Waals surface area contributed by atoms with Crippen molar-refractivity contribution in [2.45, 2.75) is 13.8 Å². The lowest BCUT2D eigenvalue weighted by Gasteiger charge is -1.95. The molecule has 1 aromatic heterocycles. The normalized spacial score (nSPS) is 10.2. The summed E-state index contributed by atoms with van der Waals surface area (Å²) in [6, 6.07) is 8.20. The SMILES string of the molecule is Cc1cc2cc(C#N)cc(C)c2s1. The van der Waals surface area contributed by atoms with E-state index in [0.717, 1.165) is 5.56 Å². The molecule has 0 fully saturated rings. The lowest BCUT2D eigenvalue weighted by atomic mass is 10.1. The van der Waals surface area contributed by atoms with Crippen LogP contribution in [-0.2, 0) is 0 Å². The van der Waals surface area contributed by atoms with E-state index in [-0.39, 0.29) is 0 Å². The molecule has 0 amide bonds. The van der Waals surface area contributed by atoms with Crippen molar-refractivity contribution in [3.05, 3.63) is 34.2 Å². The fraction of sp³-hybridized carbons (Fsp3) is 0.182. The molecule has 1 nitrogen and oxygen atoms in total. The lowest BCUT2D eigenvalue weighted by molar-refractivity contribution is 1.47. The van der Waals surface area contributed by atoms with Gasteiger partial charge in [-0.05, 0) is 43.0 Å². The molecule has 13 heavy (non-hydrogen) atoms. The largest absolute Gasteiger partial charge is 0.192 e. The maximum Gasteiger partial charge on any atom is 0.0991 e. The minimum absolute atomic E-state index is 0.753. The summed E-state index contributed by atoms with van der Waals surface area (Å²) in [5, 5.41) is 9.98. The number of benzene rings is 1. The van der Waals surface area contributed by atoms with Crippen LogP contribution in [-0.4, -0.2) is 0 Å². The van der Waals surface area contributed by atoms with Crippen LogP contribution in [0, 0.1) is 25.2 Å². The first-order valence-electron chi connectivity index (χ1n) is 4.11. The highest BCUT2D eigenvalue weighted by molar-refractivity contribution is 7.19. The minimum atomic E-state index is 0.753. The molecule has 0 radical (unpaired) electrons. The maximum absolute atomic E-state index is 8.78. The van der Waals surface area contributed by atoms with Crippen LogP contribution in [0.1, 0.15) is 16.0 Å². The zero-order valence-electron chi connectivity index (χ0n) is 7.59. The Hall–Kier alpha value is -1.33. The highest BCUT2D eigenvalue weighted by Crippen LogP contribution is 2.28. The highest BCUT2D eigenvalue weighted by Gasteiger charge is 2.03. The summed E-state index contributed by atoms with van der Waals surface area (Å²) in [5.41, 5.74) is 1.95. The van der Waals surface area contributed by atoms with E-state index in [4.69, 9.17) is 5.26 Å². The Labute approximate surface area is 81.2 Å². The van der Waals surface area contributed by atoms with E-state index in [9.17, 15) is 0 Å². The van der Waals surface area contributed by atoms with Crippen molar-refractivity contribution >= 4 is 21.4 Å². The molecule has 1 heterocycles. The molecule has 0 N–H and O–H groups in total. The molecule has 0 aliphatic carbocycles. The van der Waals surface area contributed by atoms with Gasteiger partial charge in [-0.25, -0.2) is 0 Å². The molecular formula is C11H9NS. The van der Waals surface area contributed by atoms with Crippen LogP contribution in [0.3, 0.4) is 0 Å². The van der Waals surface area contributed by atoms with Gasteiger partial charge in [0.1, 0.15) is 0 Å². The zero-order chi connectivity index (χ0) is 9.42. The van der Waals surface area contributed by atoms with E-state index >= 15 is 0 Å². The van der Waals surface area contributed by atoms with Gasteiger partial charge in [-0.3, -0.25) is 0 Å². The van der Waals surface area contributed by atoms with Crippen LogP contribution in [0.5, 0.6) is 0 Å². The molecule has 0 unspecified atom stereocenters. The number of fused-ring (bicyclic) bond motifs is 1. The van der Waals surface area contributed by atoms with Gasteiger partial charge >= 0.3 is 0 Å². The van der Waals surface area contributed by atoms with Crippen molar-refractivity contribution in [1.29, 1.82) is 5.26 Å². The second-order valence-electron chi connectivity index (χ2n) is 3.18. The number of hydrogen-bond donors (Lipinski definition) is 0. The lowest BCUT2D eigenvalue weighted by Crippen LogP contribution is -1.76. The van der Waals surface area contributed by atoms with Crippen molar-refractivity contribution in [2.75, 3.05) is 0 Å². The van der Waals surface area contributed by atoms with Gasteiger partial charge in [-0.1, -0.05) is 0 Å². The van der Waals surface area contributed by atoms with Crippen LogP contribution in [0.4, 0.5) is 0 Å². The van der Waals surface area contributed by atoms with Gasteiger partial charge in [-0.15, -0.1) is 11.3 Å². The average molecular weight is 187 g/mol. The van der Waals surface area contributed by atoms with Crippen molar-refractivity contribution in [1.82, 2.24) is 0 Å². The van der Waals surface area contributed by atoms with Crippen LogP contribution < -0.4 is 0 Å². The molecule has 0 bridgehead atoms. The van der Waals surface area contributed by atoms with Crippen LogP contribution in [0.15, 0.2) is 18.2 Å². The number of nitriles is 1. The minimum Gasteiger partial charge on any atom is -0.192 e. The van der Waals surface area contributed by atoms with Crippen molar-refractivity contribution in [2.24, 2.45) is 0 Å². The first-order valence-corrected chi connectivity index (χ1v) is 4.93. The monoisotopic (exact) mass is 187 g/mol. The third-order valence-corrected chi connectivity index (χ3v) is 3.26. The Balaban J connectivity index is 2.85. The van der Waals surface area contributed by atoms with Crippen LogP contribution >= 0.6 is 11.3 Å². The Kier molecular flexibility index (Phi) is 1.82.